The van der Waals surface area contributed by atoms with Crippen LogP contribution in [0.2, 0.25) is 0 Å². The van der Waals surface area contributed by atoms with Crippen LogP contribution in [-0.2, 0) is 10.0 Å². The van der Waals surface area contributed by atoms with Gasteiger partial charge in [0.25, 0.3) is 0 Å². The molecule has 0 heterocycles. The predicted octanol–water partition coefficient (Wildman–Crippen LogP) is 3.97. The Morgan fingerprint density at radius 2 is 1.54 bits per heavy atom. The average molecular weight is 395 g/mol. The van der Waals surface area contributed by atoms with E-state index in [4.69, 9.17) is 4.74 Å². The minimum Gasteiger partial charge on any atom is -0.497 e. The molecule has 3 aromatic carbocycles. The van der Waals surface area contributed by atoms with Crippen molar-refractivity contribution in [1.29, 1.82) is 0 Å². The highest BCUT2D eigenvalue weighted by atomic mass is 32.2. The Morgan fingerprint density at radius 3 is 2.14 bits per heavy atom. The number of carbonyl (C=O) groups is 1. The molecule has 1 N–H and O–H groups in total. The number of ether oxygens (including phenoxy) is 1. The van der Waals surface area contributed by atoms with Crippen molar-refractivity contribution in [1.82, 2.24) is 4.72 Å². The summed E-state index contributed by atoms with van der Waals surface area (Å²) in [7, 11) is -2.28. The van der Waals surface area contributed by atoms with Crippen molar-refractivity contribution >= 4 is 15.8 Å². The normalized spacial score (nSPS) is 12.4. The number of benzene rings is 3. The van der Waals surface area contributed by atoms with Crippen molar-refractivity contribution < 1.29 is 17.9 Å². The number of Topliss-reactive ketones (excluding diaryl/α,β-unsaturated/α-hetero) is 1. The molecule has 6 heteroatoms. The smallest absolute Gasteiger partial charge is 0.241 e. The Kier molecular flexibility index (Phi) is 5.92. The van der Waals surface area contributed by atoms with E-state index in [2.05, 4.69) is 4.72 Å². The first-order valence-electron chi connectivity index (χ1n) is 8.73. The lowest BCUT2D eigenvalue weighted by Gasteiger charge is -2.20. The second-order valence-corrected chi connectivity index (χ2v) is 8.04. The molecule has 3 aromatic rings. The molecule has 0 aromatic heterocycles. The van der Waals surface area contributed by atoms with Gasteiger partial charge in [0.2, 0.25) is 10.0 Å². The third-order valence-electron chi connectivity index (χ3n) is 4.41. The molecular weight excluding hydrogens is 374 g/mol. The summed E-state index contributed by atoms with van der Waals surface area (Å²) in [5, 5.41) is 0. The second kappa shape index (κ2) is 8.37. The highest BCUT2D eigenvalue weighted by Crippen LogP contribution is 2.26. The molecule has 1 unspecified atom stereocenters. The van der Waals surface area contributed by atoms with Crippen molar-refractivity contribution in [2.75, 3.05) is 7.11 Å². The molecule has 0 saturated heterocycles. The zero-order valence-electron chi connectivity index (χ0n) is 15.6. The van der Waals surface area contributed by atoms with Crippen LogP contribution < -0.4 is 9.46 Å². The van der Waals surface area contributed by atoms with E-state index in [1.807, 2.05) is 42.5 Å². The Morgan fingerprint density at radius 1 is 0.893 bits per heavy atom. The summed E-state index contributed by atoms with van der Waals surface area (Å²) in [6.45, 7) is 1.41. The van der Waals surface area contributed by atoms with Crippen LogP contribution in [0.25, 0.3) is 0 Å². The Bertz CT molecular complexity index is 1060. The first-order valence-corrected chi connectivity index (χ1v) is 10.2. The first-order chi connectivity index (χ1) is 13.4. The maximum Gasteiger partial charge on any atom is 0.241 e. The van der Waals surface area contributed by atoms with Gasteiger partial charge >= 0.3 is 0 Å². The molecule has 0 amide bonds. The average Bonchev–Trinajstić information content (AvgIpc) is 2.73. The van der Waals surface area contributed by atoms with E-state index in [-0.39, 0.29) is 10.7 Å². The number of carbonyl (C=O) groups excluding carboxylic acids is 1. The van der Waals surface area contributed by atoms with Crippen LogP contribution in [0.5, 0.6) is 5.75 Å². The van der Waals surface area contributed by atoms with Gasteiger partial charge in [-0.25, -0.2) is 8.42 Å². The number of methoxy groups -OCH3 is 1. The summed E-state index contributed by atoms with van der Waals surface area (Å²) in [5.41, 5.74) is 1.93. The highest BCUT2D eigenvalue weighted by molar-refractivity contribution is 7.89. The molecule has 0 aliphatic carbocycles. The molecule has 0 aliphatic heterocycles. The molecule has 0 radical (unpaired) electrons. The van der Waals surface area contributed by atoms with E-state index >= 15 is 0 Å². The highest BCUT2D eigenvalue weighted by Gasteiger charge is 2.23. The fourth-order valence-corrected chi connectivity index (χ4v) is 4.13. The lowest BCUT2D eigenvalue weighted by molar-refractivity contribution is 0.101. The van der Waals surface area contributed by atoms with Gasteiger partial charge in [0, 0.05) is 5.56 Å². The summed E-state index contributed by atoms with van der Waals surface area (Å²) in [6.07, 6.45) is 0. The minimum atomic E-state index is -3.86. The largest absolute Gasteiger partial charge is 0.497 e. The summed E-state index contributed by atoms with van der Waals surface area (Å²) in [4.78, 5) is 11.7. The van der Waals surface area contributed by atoms with Crippen LogP contribution in [0.3, 0.4) is 0 Å². The van der Waals surface area contributed by atoms with Gasteiger partial charge in [0.1, 0.15) is 5.75 Å². The lowest BCUT2D eigenvalue weighted by Crippen LogP contribution is -2.29. The lowest BCUT2D eigenvalue weighted by atomic mass is 10.00. The molecule has 1 atom stereocenters. The number of sulfonamides is 1. The topological polar surface area (TPSA) is 72.5 Å². The van der Waals surface area contributed by atoms with Crippen LogP contribution in [0.15, 0.2) is 83.8 Å². The van der Waals surface area contributed by atoms with Crippen LogP contribution in [-0.4, -0.2) is 21.3 Å². The molecule has 0 bridgehead atoms. The molecule has 3 rings (SSSR count). The molecule has 28 heavy (non-hydrogen) atoms. The van der Waals surface area contributed by atoms with Crippen LogP contribution in [0.1, 0.15) is 34.5 Å². The molecular formula is C22H21NO4S. The molecule has 144 valence electrons. The van der Waals surface area contributed by atoms with Crippen LogP contribution >= 0.6 is 0 Å². The summed E-state index contributed by atoms with van der Waals surface area (Å²) in [5.74, 6) is 0.499. The van der Waals surface area contributed by atoms with Crippen molar-refractivity contribution in [2.24, 2.45) is 0 Å². The van der Waals surface area contributed by atoms with Gasteiger partial charge in [-0.3, -0.25) is 4.79 Å². The molecule has 0 spiro atoms. The number of hydrogen-bond acceptors (Lipinski definition) is 4. The predicted molar refractivity (Wildman–Crippen MR) is 108 cm³/mol. The van der Waals surface area contributed by atoms with E-state index in [0.717, 1.165) is 11.1 Å². The number of rotatable bonds is 7. The summed E-state index contributed by atoms with van der Waals surface area (Å²) >= 11 is 0. The van der Waals surface area contributed by atoms with Gasteiger partial charge in [0.05, 0.1) is 18.0 Å². The molecule has 0 aliphatic rings. The third-order valence-corrected chi connectivity index (χ3v) is 5.83. The van der Waals surface area contributed by atoms with E-state index in [0.29, 0.717) is 11.3 Å². The maximum absolute atomic E-state index is 13.0. The quantitative estimate of drug-likeness (QED) is 0.615. The van der Waals surface area contributed by atoms with Gasteiger partial charge in [-0.2, -0.15) is 4.72 Å². The van der Waals surface area contributed by atoms with Crippen LogP contribution in [0.4, 0.5) is 0 Å². The molecule has 5 nitrogen and oxygen atoms in total. The van der Waals surface area contributed by atoms with Crippen molar-refractivity contribution in [3.05, 3.63) is 95.6 Å². The van der Waals surface area contributed by atoms with E-state index in [1.165, 1.54) is 19.1 Å². The van der Waals surface area contributed by atoms with Gasteiger partial charge in [0.15, 0.2) is 5.78 Å². The second-order valence-electron chi connectivity index (χ2n) is 6.32. The number of ketones is 1. The Labute approximate surface area is 165 Å². The fourth-order valence-electron chi connectivity index (χ4n) is 2.88. The van der Waals surface area contributed by atoms with E-state index in [1.54, 1.807) is 31.4 Å². The standard InChI is InChI=1S/C22H21NO4S/c1-16(24)19-9-6-10-21(15-19)28(25,26)23-22(17-7-4-3-5-8-17)18-11-13-20(27-2)14-12-18/h3-15,22-23H,1-2H3. The maximum atomic E-state index is 13.0. The van der Waals surface area contributed by atoms with Crippen molar-refractivity contribution in [3.63, 3.8) is 0 Å². The van der Waals surface area contributed by atoms with Crippen molar-refractivity contribution in [3.8, 4) is 5.75 Å². The van der Waals surface area contributed by atoms with E-state index < -0.39 is 16.1 Å². The number of hydrogen-bond donors (Lipinski definition) is 1. The van der Waals surface area contributed by atoms with Gasteiger partial charge in [-0.15, -0.1) is 0 Å². The van der Waals surface area contributed by atoms with Gasteiger partial charge < -0.3 is 4.74 Å². The van der Waals surface area contributed by atoms with Gasteiger partial charge in [-0.1, -0.05) is 54.6 Å². The fraction of sp³-hybridized carbons (Fsp3) is 0.136. The van der Waals surface area contributed by atoms with Crippen molar-refractivity contribution in [2.45, 2.75) is 17.9 Å². The SMILES string of the molecule is COc1ccc(C(NS(=O)(=O)c2cccc(C(C)=O)c2)c2ccccc2)cc1. The van der Waals surface area contributed by atoms with Gasteiger partial charge in [-0.05, 0) is 42.3 Å². The zero-order valence-corrected chi connectivity index (χ0v) is 16.4. The van der Waals surface area contributed by atoms with E-state index in [9.17, 15) is 13.2 Å². The summed E-state index contributed by atoms with van der Waals surface area (Å²) < 4.78 is 34.0. The minimum absolute atomic E-state index is 0.0506. The Hall–Kier alpha value is -2.96. The Balaban J connectivity index is 2.01. The third kappa shape index (κ3) is 4.47. The molecule has 0 saturated carbocycles. The molecule has 0 fully saturated rings. The first kappa shape index (κ1) is 19.8. The zero-order chi connectivity index (χ0) is 20.1. The number of nitrogens with one attached hydrogen (secondary N) is 1. The summed E-state index contributed by atoms with van der Waals surface area (Å²) in [6, 6.07) is 22.0. The monoisotopic (exact) mass is 395 g/mol. The van der Waals surface area contributed by atoms with Crippen LogP contribution in [0, 0.1) is 0 Å².